The summed E-state index contributed by atoms with van der Waals surface area (Å²) in [6.07, 6.45) is 0. The Morgan fingerprint density at radius 3 is 2.60 bits per heavy atom. The molecule has 0 bridgehead atoms. The first-order valence-electron chi connectivity index (χ1n) is 2.84. The zero-order chi connectivity index (χ0) is 7.78. The van der Waals surface area contributed by atoms with Crippen LogP contribution in [0.15, 0.2) is 0 Å². The van der Waals surface area contributed by atoms with Gasteiger partial charge in [-0.2, -0.15) is 0 Å². The van der Waals surface area contributed by atoms with Crippen LogP contribution in [0.4, 0.5) is 4.79 Å². The second-order valence-corrected chi connectivity index (χ2v) is 2.41. The van der Waals surface area contributed by atoms with Gasteiger partial charge in [-0.25, -0.2) is 4.79 Å². The van der Waals surface area contributed by atoms with Gasteiger partial charge < -0.3 is 10.4 Å². The van der Waals surface area contributed by atoms with E-state index >= 15 is 0 Å². The predicted molar refractivity (Wildman–Crippen MR) is 32.2 cm³/mol. The maximum absolute atomic E-state index is 10.7. The number of nitrogens with one attached hydrogen (secondary N) is 2. The van der Waals surface area contributed by atoms with E-state index in [2.05, 4.69) is 5.32 Å². The molecule has 1 rings (SSSR count). The first-order chi connectivity index (χ1) is 4.52. The Morgan fingerprint density at radius 1 is 1.60 bits per heavy atom. The molecule has 3 N–H and O–H groups in total. The minimum Gasteiger partial charge on any atom is -0.378 e. The number of aliphatic hydroxyl groups is 1. The van der Waals surface area contributed by atoms with Crippen molar-refractivity contribution in [2.45, 2.75) is 12.5 Å². The van der Waals surface area contributed by atoms with Gasteiger partial charge >= 0.3 is 6.03 Å². The average Bonchev–Trinajstić information content (AvgIpc) is 1.81. The van der Waals surface area contributed by atoms with Crippen molar-refractivity contribution in [1.29, 1.82) is 0 Å². The summed E-state index contributed by atoms with van der Waals surface area (Å²) >= 11 is 0. The minimum absolute atomic E-state index is 0.0301. The van der Waals surface area contributed by atoms with E-state index in [4.69, 9.17) is 5.11 Å². The minimum atomic E-state index is -1.46. The maximum Gasteiger partial charge on any atom is 0.321 e. The molecule has 1 atom stereocenters. The predicted octanol–water partition coefficient (Wildman–Crippen LogP) is -1.42. The lowest BCUT2D eigenvalue weighted by atomic mass is 10.1. The number of imide groups is 1. The lowest BCUT2D eigenvalue weighted by Crippen LogP contribution is -2.61. The van der Waals surface area contributed by atoms with Crippen molar-refractivity contribution in [2.24, 2.45) is 0 Å². The van der Waals surface area contributed by atoms with Crippen LogP contribution >= 0.6 is 0 Å². The van der Waals surface area contributed by atoms with E-state index < -0.39 is 17.5 Å². The van der Waals surface area contributed by atoms with Gasteiger partial charge in [-0.15, -0.1) is 0 Å². The third kappa shape index (κ3) is 1.08. The monoisotopic (exact) mass is 144 g/mol. The van der Waals surface area contributed by atoms with Crippen molar-refractivity contribution < 1.29 is 14.7 Å². The van der Waals surface area contributed by atoms with Crippen LogP contribution in [0.3, 0.4) is 0 Å². The van der Waals surface area contributed by atoms with Gasteiger partial charge in [0.15, 0.2) is 5.60 Å². The molecular formula is C5H8N2O3. The van der Waals surface area contributed by atoms with Crippen molar-refractivity contribution >= 4 is 11.9 Å². The van der Waals surface area contributed by atoms with Crippen LogP contribution in [-0.2, 0) is 4.79 Å². The van der Waals surface area contributed by atoms with E-state index in [-0.39, 0.29) is 6.54 Å². The SMILES string of the molecule is CC1(O)CNC(=O)NC1=O. The van der Waals surface area contributed by atoms with Gasteiger partial charge in [0, 0.05) is 0 Å². The molecule has 56 valence electrons. The van der Waals surface area contributed by atoms with Crippen LogP contribution in [0.1, 0.15) is 6.92 Å². The second-order valence-electron chi connectivity index (χ2n) is 2.41. The van der Waals surface area contributed by atoms with Crippen molar-refractivity contribution in [1.82, 2.24) is 10.6 Å². The molecule has 0 spiro atoms. The number of carbonyl (C=O) groups excluding carboxylic acids is 2. The molecule has 1 fully saturated rings. The summed E-state index contributed by atoms with van der Waals surface area (Å²) in [6.45, 7) is 1.31. The van der Waals surface area contributed by atoms with E-state index in [9.17, 15) is 9.59 Å². The molecule has 1 unspecified atom stereocenters. The molecule has 0 saturated carbocycles. The first kappa shape index (κ1) is 7.01. The third-order valence-electron chi connectivity index (χ3n) is 1.31. The molecular weight excluding hydrogens is 136 g/mol. The second kappa shape index (κ2) is 1.95. The van der Waals surface area contributed by atoms with Crippen LogP contribution in [0, 0.1) is 0 Å². The van der Waals surface area contributed by atoms with Gasteiger partial charge in [-0.05, 0) is 6.92 Å². The van der Waals surface area contributed by atoms with Gasteiger partial charge in [0.1, 0.15) is 0 Å². The normalized spacial score (nSPS) is 33.0. The Balaban J connectivity index is 2.70. The molecule has 1 saturated heterocycles. The number of urea groups is 1. The molecule has 1 aliphatic heterocycles. The van der Waals surface area contributed by atoms with Crippen LogP contribution in [-0.4, -0.2) is 29.2 Å². The number of amides is 3. The zero-order valence-electron chi connectivity index (χ0n) is 5.47. The number of carbonyl (C=O) groups is 2. The topological polar surface area (TPSA) is 78.4 Å². The molecule has 0 radical (unpaired) electrons. The van der Waals surface area contributed by atoms with Crippen molar-refractivity contribution in [2.75, 3.05) is 6.54 Å². The highest BCUT2D eigenvalue weighted by atomic mass is 16.3. The highest BCUT2D eigenvalue weighted by molar-refractivity contribution is 6.01. The summed E-state index contributed by atoms with van der Waals surface area (Å²) in [5.74, 6) is -0.656. The van der Waals surface area contributed by atoms with Crippen molar-refractivity contribution in [3.8, 4) is 0 Å². The van der Waals surface area contributed by atoms with Gasteiger partial charge in [-0.3, -0.25) is 10.1 Å². The van der Waals surface area contributed by atoms with Gasteiger partial charge in [-0.1, -0.05) is 0 Å². The zero-order valence-corrected chi connectivity index (χ0v) is 5.47. The van der Waals surface area contributed by atoms with Crippen LogP contribution in [0.5, 0.6) is 0 Å². The Kier molecular flexibility index (Phi) is 1.37. The summed E-state index contributed by atoms with van der Waals surface area (Å²) in [5, 5.41) is 13.3. The Bertz CT molecular complexity index is 187. The quantitative estimate of drug-likeness (QED) is 0.390. The van der Waals surface area contributed by atoms with Crippen molar-refractivity contribution in [3.63, 3.8) is 0 Å². The van der Waals surface area contributed by atoms with E-state index in [0.717, 1.165) is 0 Å². The largest absolute Gasteiger partial charge is 0.378 e. The standard InChI is InChI=1S/C5H8N2O3/c1-5(10)2-6-4(9)7-3(5)8/h10H,2H2,1H3,(H2,6,7,8,9). The van der Waals surface area contributed by atoms with Gasteiger partial charge in [0.2, 0.25) is 0 Å². The molecule has 0 aromatic heterocycles. The Hall–Kier alpha value is -1.10. The number of rotatable bonds is 0. The lowest BCUT2D eigenvalue weighted by molar-refractivity contribution is -0.137. The first-order valence-corrected chi connectivity index (χ1v) is 2.84. The Morgan fingerprint density at radius 2 is 2.20 bits per heavy atom. The Labute approximate surface area is 57.4 Å². The summed E-state index contributed by atoms with van der Waals surface area (Å²) in [5.41, 5.74) is -1.46. The molecule has 1 aliphatic rings. The summed E-state index contributed by atoms with van der Waals surface area (Å²) < 4.78 is 0. The number of β-amino-alcohol motifs (C(OH)–C–C–N with tert-alkyl or cyclic N) is 1. The molecule has 5 heteroatoms. The molecule has 1 heterocycles. The molecule has 0 aliphatic carbocycles. The van der Waals surface area contributed by atoms with Gasteiger partial charge in [0.05, 0.1) is 6.54 Å². The highest BCUT2D eigenvalue weighted by Crippen LogP contribution is 2.03. The lowest BCUT2D eigenvalue weighted by Gasteiger charge is -2.26. The number of hydrogen-bond acceptors (Lipinski definition) is 3. The fourth-order valence-corrected chi connectivity index (χ4v) is 0.615. The fraction of sp³-hybridized carbons (Fsp3) is 0.600. The van der Waals surface area contributed by atoms with Crippen molar-refractivity contribution in [3.05, 3.63) is 0 Å². The molecule has 0 aromatic carbocycles. The van der Waals surface area contributed by atoms with Crippen LogP contribution < -0.4 is 10.6 Å². The molecule has 10 heavy (non-hydrogen) atoms. The summed E-state index contributed by atoms with van der Waals surface area (Å²) in [4.78, 5) is 21.1. The van der Waals surface area contributed by atoms with Crippen LogP contribution in [0.2, 0.25) is 0 Å². The smallest absolute Gasteiger partial charge is 0.321 e. The van der Waals surface area contributed by atoms with Crippen LogP contribution in [0.25, 0.3) is 0 Å². The highest BCUT2D eigenvalue weighted by Gasteiger charge is 2.35. The van der Waals surface area contributed by atoms with E-state index in [1.165, 1.54) is 6.92 Å². The molecule has 0 aromatic rings. The van der Waals surface area contributed by atoms with Gasteiger partial charge in [0.25, 0.3) is 5.91 Å². The summed E-state index contributed by atoms with van der Waals surface area (Å²) in [6, 6.07) is -0.559. The average molecular weight is 144 g/mol. The summed E-state index contributed by atoms with van der Waals surface area (Å²) in [7, 11) is 0. The maximum atomic E-state index is 10.7. The van der Waals surface area contributed by atoms with E-state index in [0.29, 0.717) is 0 Å². The van der Waals surface area contributed by atoms with E-state index in [1.807, 2.05) is 5.32 Å². The molecule has 5 nitrogen and oxygen atoms in total. The number of hydrogen-bond donors (Lipinski definition) is 3. The molecule has 3 amide bonds. The fourth-order valence-electron chi connectivity index (χ4n) is 0.615. The third-order valence-corrected chi connectivity index (χ3v) is 1.31. The van der Waals surface area contributed by atoms with E-state index in [1.54, 1.807) is 0 Å².